The van der Waals surface area contributed by atoms with Crippen LogP contribution in [0.1, 0.15) is 36.4 Å². The van der Waals surface area contributed by atoms with Gasteiger partial charge in [0.05, 0.1) is 15.6 Å². The standard InChI is InChI=1S/C11H14N4S2/c1-3-15-9(13-14-11(15)16)8-6(2)12-10(17-8)7-4-5-7/h7H,3-5H2,1-2H3,(H,14,16). The first-order valence-electron chi connectivity index (χ1n) is 5.83. The van der Waals surface area contributed by atoms with E-state index in [1.165, 1.54) is 17.8 Å². The second-order valence-corrected chi connectivity index (χ2v) is 5.75. The van der Waals surface area contributed by atoms with Crippen molar-refractivity contribution in [2.75, 3.05) is 0 Å². The first kappa shape index (κ1) is 11.1. The largest absolute Gasteiger partial charge is 0.300 e. The normalized spacial score (nSPS) is 15.4. The van der Waals surface area contributed by atoms with Crippen molar-refractivity contribution in [3.63, 3.8) is 0 Å². The first-order chi connectivity index (χ1) is 8.20. The quantitative estimate of drug-likeness (QED) is 0.867. The topological polar surface area (TPSA) is 46.5 Å². The Balaban J connectivity index is 2.10. The summed E-state index contributed by atoms with van der Waals surface area (Å²) in [5, 5.41) is 8.45. The predicted molar refractivity (Wildman–Crippen MR) is 70.9 cm³/mol. The van der Waals surface area contributed by atoms with E-state index in [2.05, 4.69) is 29.0 Å². The maximum Gasteiger partial charge on any atom is 0.195 e. The van der Waals surface area contributed by atoms with Crippen LogP contribution in [0.4, 0.5) is 0 Å². The highest BCUT2D eigenvalue weighted by atomic mass is 32.1. The van der Waals surface area contributed by atoms with E-state index >= 15 is 0 Å². The Labute approximate surface area is 109 Å². The molecule has 0 unspecified atom stereocenters. The molecule has 0 spiro atoms. The van der Waals surface area contributed by atoms with E-state index in [0.717, 1.165) is 22.9 Å². The molecule has 2 heterocycles. The molecule has 0 amide bonds. The molecule has 6 heteroatoms. The zero-order chi connectivity index (χ0) is 12.0. The highest BCUT2D eigenvalue weighted by Gasteiger charge is 2.28. The van der Waals surface area contributed by atoms with Gasteiger partial charge in [0.2, 0.25) is 0 Å². The number of hydrogen-bond acceptors (Lipinski definition) is 4. The number of aromatic amines is 1. The van der Waals surface area contributed by atoms with Crippen LogP contribution in [0.2, 0.25) is 0 Å². The fourth-order valence-electron chi connectivity index (χ4n) is 1.91. The van der Waals surface area contributed by atoms with E-state index in [1.54, 1.807) is 11.3 Å². The number of hydrogen-bond donors (Lipinski definition) is 1. The molecular formula is C11H14N4S2. The van der Waals surface area contributed by atoms with Gasteiger partial charge in [-0.2, -0.15) is 5.10 Å². The van der Waals surface area contributed by atoms with Crippen molar-refractivity contribution in [3.8, 4) is 10.7 Å². The van der Waals surface area contributed by atoms with Crippen LogP contribution in [0.3, 0.4) is 0 Å². The molecule has 1 saturated carbocycles. The summed E-state index contributed by atoms with van der Waals surface area (Å²) in [6.45, 7) is 4.96. The van der Waals surface area contributed by atoms with Gasteiger partial charge in [0.1, 0.15) is 0 Å². The van der Waals surface area contributed by atoms with E-state index < -0.39 is 0 Å². The van der Waals surface area contributed by atoms with Gasteiger partial charge < -0.3 is 0 Å². The van der Waals surface area contributed by atoms with Crippen molar-refractivity contribution < 1.29 is 0 Å². The smallest absolute Gasteiger partial charge is 0.195 e. The number of aromatic nitrogens is 4. The molecular weight excluding hydrogens is 252 g/mol. The minimum Gasteiger partial charge on any atom is -0.300 e. The summed E-state index contributed by atoms with van der Waals surface area (Å²) in [6.07, 6.45) is 2.57. The van der Waals surface area contributed by atoms with Gasteiger partial charge in [-0.3, -0.25) is 9.67 Å². The van der Waals surface area contributed by atoms with Crippen LogP contribution in [0.15, 0.2) is 0 Å². The minimum absolute atomic E-state index is 0.684. The maximum absolute atomic E-state index is 5.22. The lowest BCUT2D eigenvalue weighted by Crippen LogP contribution is -1.97. The summed E-state index contributed by atoms with van der Waals surface area (Å²) in [5.74, 6) is 1.63. The molecule has 2 aromatic heterocycles. The third-order valence-electron chi connectivity index (χ3n) is 3.02. The van der Waals surface area contributed by atoms with Gasteiger partial charge in [0.15, 0.2) is 10.6 Å². The van der Waals surface area contributed by atoms with Gasteiger partial charge >= 0.3 is 0 Å². The van der Waals surface area contributed by atoms with Gasteiger partial charge in [-0.1, -0.05) is 0 Å². The number of nitrogens with one attached hydrogen (secondary N) is 1. The van der Waals surface area contributed by atoms with E-state index in [1.807, 2.05) is 4.57 Å². The maximum atomic E-state index is 5.22. The lowest BCUT2D eigenvalue weighted by Gasteiger charge is -2.00. The Morgan fingerprint density at radius 2 is 2.29 bits per heavy atom. The van der Waals surface area contributed by atoms with Crippen molar-refractivity contribution >= 4 is 23.6 Å². The fourth-order valence-corrected chi connectivity index (χ4v) is 3.41. The summed E-state index contributed by atoms with van der Waals surface area (Å²) in [6, 6.07) is 0. The molecule has 0 aromatic carbocycles. The molecule has 17 heavy (non-hydrogen) atoms. The number of aryl methyl sites for hydroxylation is 1. The average molecular weight is 266 g/mol. The van der Waals surface area contributed by atoms with Crippen molar-refractivity contribution in [2.24, 2.45) is 0 Å². The van der Waals surface area contributed by atoms with Crippen molar-refractivity contribution in [1.82, 2.24) is 19.7 Å². The highest BCUT2D eigenvalue weighted by Crippen LogP contribution is 2.44. The summed E-state index contributed by atoms with van der Waals surface area (Å²) < 4.78 is 2.70. The lowest BCUT2D eigenvalue weighted by atomic mass is 10.3. The molecule has 0 radical (unpaired) electrons. The molecule has 0 bridgehead atoms. The Hall–Kier alpha value is -1.01. The summed E-state index contributed by atoms with van der Waals surface area (Å²) in [4.78, 5) is 5.80. The minimum atomic E-state index is 0.684. The fraction of sp³-hybridized carbons (Fsp3) is 0.545. The van der Waals surface area contributed by atoms with Crippen molar-refractivity contribution in [1.29, 1.82) is 0 Å². The van der Waals surface area contributed by atoms with Crippen LogP contribution in [0.5, 0.6) is 0 Å². The number of thiazole rings is 1. The highest BCUT2D eigenvalue weighted by molar-refractivity contribution is 7.71. The molecule has 1 N–H and O–H groups in total. The van der Waals surface area contributed by atoms with E-state index in [-0.39, 0.29) is 0 Å². The predicted octanol–water partition coefficient (Wildman–Crippen LogP) is 3.27. The Bertz CT molecular complexity index is 603. The molecule has 4 nitrogen and oxygen atoms in total. The summed E-state index contributed by atoms with van der Waals surface area (Å²) in [5.41, 5.74) is 1.07. The lowest BCUT2D eigenvalue weighted by molar-refractivity contribution is 0.756. The molecule has 3 rings (SSSR count). The van der Waals surface area contributed by atoms with Crippen LogP contribution in [-0.2, 0) is 6.54 Å². The van der Waals surface area contributed by atoms with E-state index in [9.17, 15) is 0 Å². The van der Waals surface area contributed by atoms with Crippen LogP contribution < -0.4 is 0 Å². The van der Waals surface area contributed by atoms with Crippen molar-refractivity contribution in [2.45, 2.75) is 39.2 Å². The van der Waals surface area contributed by atoms with Crippen LogP contribution in [0, 0.1) is 11.7 Å². The van der Waals surface area contributed by atoms with Gasteiger partial charge in [-0.25, -0.2) is 4.98 Å². The monoisotopic (exact) mass is 266 g/mol. The van der Waals surface area contributed by atoms with Crippen molar-refractivity contribution in [3.05, 3.63) is 15.5 Å². The van der Waals surface area contributed by atoms with Crippen LogP contribution in [-0.4, -0.2) is 19.7 Å². The van der Waals surface area contributed by atoms with Gasteiger partial charge in [0.25, 0.3) is 0 Å². The molecule has 0 aliphatic heterocycles. The summed E-state index contributed by atoms with van der Waals surface area (Å²) in [7, 11) is 0. The SMILES string of the molecule is CCn1c(-c2sc(C3CC3)nc2C)n[nH]c1=S. The second-order valence-electron chi connectivity index (χ2n) is 4.34. The second kappa shape index (κ2) is 4.03. The average Bonchev–Trinajstić information content (AvgIpc) is 3.00. The Kier molecular flexibility index (Phi) is 2.63. The molecule has 1 fully saturated rings. The van der Waals surface area contributed by atoms with E-state index in [4.69, 9.17) is 12.2 Å². The number of rotatable bonds is 3. The number of nitrogens with zero attached hydrogens (tertiary/aromatic N) is 3. The zero-order valence-corrected chi connectivity index (χ0v) is 11.5. The molecule has 1 aliphatic rings. The van der Waals surface area contributed by atoms with Gasteiger partial charge in [0, 0.05) is 12.5 Å². The molecule has 2 aromatic rings. The molecule has 0 atom stereocenters. The Morgan fingerprint density at radius 3 is 2.94 bits per heavy atom. The number of H-pyrrole nitrogens is 1. The molecule has 1 aliphatic carbocycles. The zero-order valence-electron chi connectivity index (χ0n) is 9.86. The first-order valence-corrected chi connectivity index (χ1v) is 7.06. The molecule has 90 valence electrons. The van der Waals surface area contributed by atoms with E-state index in [0.29, 0.717) is 10.7 Å². The van der Waals surface area contributed by atoms with Crippen LogP contribution >= 0.6 is 23.6 Å². The van der Waals surface area contributed by atoms with Gasteiger partial charge in [-0.05, 0) is 38.9 Å². The molecule has 0 saturated heterocycles. The summed E-state index contributed by atoms with van der Waals surface area (Å²) >= 11 is 6.98. The van der Waals surface area contributed by atoms with Crippen LogP contribution in [0.25, 0.3) is 10.7 Å². The third-order valence-corrected chi connectivity index (χ3v) is 4.64. The van der Waals surface area contributed by atoms with Gasteiger partial charge in [-0.15, -0.1) is 11.3 Å². The third kappa shape index (κ3) is 1.85. The Morgan fingerprint density at radius 1 is 1.53 bits per heavy atom.